The Kier molecular flexibility index (Phi) is 4.72. The van der Waals surface area contributed by atoms with Crippen LogP contribution in [0.25, 0.3) is 0 Å². The number of rotatable bonds is 4. The van der Waals surface area contributed by atoms with Crippen LogP contribution >= 0.6 is 11.6 Å². The molecule has 0 radical (unpaired) electrons. The zero-order valence-electron chi connectivity index (χ0n) is 12.5. The number of pyridine rings is 1. The standard InChI is InChI=1S/C18H13ClFN3O/c19-15-6-1-2-7-16(15)23-18(24)17-11-14(8-9-21-17)22-13-5-3-4-12(20)10-13/h1-11H,(H,21,22)(H,23,24). The number of para-hydroxylation sites is 1. The van der Waals surface area contributed by atoms with Gasteiger partial charge in [-0.2, -0.15) is 0 Å². The zero-order valence-corrected chi connectivity index (χ0v) is 13.2. The Labute approximate surface area is 143 Å². The van der Waals surface area contributed by atoms with Crippen LogP contribution in [-0.2, 0) is 0 Å². The lowest BCUT2D eigenvalue weighted by Crippen LogP contribution is -2.14. The summed E-state index contributed by atoms with van der Waals surface area (Å²) in [5, 5.41) is 6.18. The molecule has 0 aliphatic carbocycles. The highest BCUT2D eigenvalue weighted by atomic mass is 35.5. The number of carbonyl (C=O) groups excluding carboxylic acids is 1. The molecular weight excluding hydrogens is 329 g/mol. The fourth-order valence-electron chi connectivity index (χ4n) is 2.11. The molecule has 2 aromatic carbocycles. The normalized spacial score (nSPS) is 10.2. The minimum Gasteiger partial charge on any atom is -0.355 e. The van der Waals surface area contributed by atoms with Crippen LogP contribution < -0.4 is 10.6 Å². The molecule has 0 saturated heterocycles. The largest absolute Gasteiger partial charge is 0.355 e. The quantitative estimate of drug-likeness (QED) is 0.711. The number of benzene rings is 2. The molecule has 0 bridgehead atoms. The molecular formula is C18H13ClFN3O. The number of nitrogens with zero attached hydrogens (tertiary/aromatic N) is 1. The molecule has 0 aliphatic heterocycles. The maximum Gasteiger partial charge on any atom is 0.274 e. The molecule has 0 fully saturated rings. The molecule has 24 heavy (non-hydrogen) atoms. The van der Waals surface area contributed by atoms with Crippen molar-refractivity contribution in [2.45, 2.75) is 0 Å². The molecule has 0 atom stereocenters. The average Bonchev–Trinajstić information content (AvgIpc) is 2.57. The zero-order chi connectivity index (χ0) is 16.9. The summed E-state index contributed by atoms with van der Waals surface area (Å²) in [4.78, 5) is 16.4. The maximum absolute atomic E-state index is 13.2. The fraction of sp³-hybridized carbons (Fsp3) is 0. The Morgan fingerprint density at radius 3 is 2.58 bits per heavy atom. The molecule has 1 heterocycles. The van der Waals surface area contributed by atoms with Gasteiger partial charge in [-0.25, -0.2) is 4.39 Å². The number of carbonyl (C=O) groups is 1. The number of anilines is 3. The predicted octanol–water partition coefficient (Wildman–Crippen LogP) is 4.87. The molecule has 3 aromatic rings. The number of aromatic nitrogens is 1. The number of nitrogens with one attached hydrogen (secondary N) is 2. The van der Waals surface area contributed by atoms with Crippen molar-refractivity contribution in [3.8, 4) is 0 Å². The summed E-state index contributed by atoms with van der Waals surface area (Å²) in [6, 6.07) is 16.3. The number of hydrogen-bond donors (Lipinski definition) is 2. The van der Waals surface area contributed by atoms with Crippen molar-refractivity contribution in [2.75, 3.05) is 10.6 Å². The van der Waals surface area contributed by atoms with Gasteiger partial charge in [-0.15, -0.1) is 0 Å². The average molecular weight is 342 g/mol. The molecule has 1 amide bonds. The van der Waals surface area contributed by atoms with Crippen LogP contribution in [0.15, 0.2) is 66.9 Å². The summed E-state index contributed by atoms with van der Waals surface area (Å²) >= 11 is 6.03. The van der Waals surface area contributed by atoms with Gasteiger partial charge in [0.05, 0.1) is 10.7 Å². The van der Waals surface area contributed by atoms with E-state index in [-0.39, 0.29) is 17.4 Å². The van der Waals surface area contributed by atoms with Gasteiger partial charge in [-0.1, -0.05) is 29.8 Å². The topological polar surface area (TPSA) is 54.0 Å². The van der Waals surface area contributed by atoms with Crippen molar-refractivity contribution in [1.29, 1.82) is 0 Å². The lowest BCUT2D eigenvalue weighted by Gasteiger charge is -2.09. The van der Waals surface area contributed by atoms with E-state index in [0.29, 0.717) is 22.1 Å². The highest BCUT2D eigenvalue weighted by Gasteiger charge is 2.10. The van der Waals surface area contributed by atoms with Crippen LogP contribution in [0.1, 0.15) is 10.5 Å². The Hall–Kier alpha value is -2.92. The minimum atomic E-state index is -0.383. The number of amides is 1. The Bertz CT molecular complexity index is 885. The SMILES string of the molecule is O=C(Nc1ccccc1Cl)c1cc(Nc2cccc(F)c2)ccn1. The van der Waals surface area contributed by atoms with Gasteiger partial charge >= 0.3 is 0 Å². The third-order valence-electron chi connectivity index (χ3n) is 3.23. The van der Waals surface area contributed by atoms with E-state index < -0.39 is 0 Å². The number of hydrogen-bond acceptors (Lipinski definition) is 3. The molecule has 0 spiro atoms. The van der Waals surface area contributed by atoms with Crippen molar-refractivity contribution in [3.63, 3.8) is 0 Å². The van der Waals surface area contributed by atoms with Crippen molar-refractivity contribution in [3.05, 3.63) is 83.4 Å². The first-order chi connectivity index (χ1) is 11.6. The first-order valence-corrected chi connectivity index (χ1v) is 7.54. The van der Waals surface area contributed by atoms with E-state index in [1.807, 2.05) is 0 Å². The van der Waals surface area contributed by atoms with E-state index in [9.17, 15) is 9.18 Å². The van der Waals surface area contributed by atoms with Gasteiger partial charge < -0.3 is 10.6 Å². The molecule has 6 heteroatoms. The molecule has 1 aromatic heterocycles. The second-order valence-electron chi connectivity index (χ2n) is 5.00. The Balaban J connectivity index is 1.77. The minimum absolute atomic E-state index is 0.219. The Morgan fingerprint density at radius 2 is 1.79 bits per heavy atom. The predicted molar refractivity (Wildman–Crippen MR) is 93.3 cm³/mol. The van der Waals surface area contributed by atoms with Crippen molar-refractivity contribution < 1.29 is 9.18 Å². The summed E-state index contributed by atoms with van der Waals surface area (Å²) in [6.07, 6.45) is 1.50. The number of halogens is 2. The van der Waals surface area contributed by atoms with Crippen LogP contribution in [0.5, 0.6) is 0 Å². The van der Waals surface area contributed by atoms with E-state index in [1.165, 1.54) is 18.3 Å². The van der Waals surface area contributed by atoms with E-state index >= 15 is 0 Å². The highest BCUT2D eigenvalue weighted by Crippen LogP contribution is 2.22. The summed E-state index contributed by atoms with van der Waals surface area (Å²) in [6.45, 7) is 0. The van der Waals surface area contributed by atoms with Gasteiger partial charge in [0.1, 0.15) is 11.5 Å². The molecule has 0 unspecified atom stereocenters. The summed E-state index contributed by atoms with van der Waals surface area (Å²) < 4.78 is 13.2. The van der Waals surface area contributed by atoms with Crippen LogP contribution in [0.2, 0.25) is 5.02 Å². The lowest BCUT2D eigenvalue weighted by molar-refractivity contribution is 0.102. The third kappa shape index (κ3) is 3.88. The van der Waals surface area contributed by atoms with E-state index in [0.717, 1.165) is 0 Å². The molecule has 0 saturated carbocycles. The van der Waals surface area contributed by atoms with Crippen LogP contribution in [0, 0.1) is 5.82 Å². The lowest BCUT2D eigenvalue weighted by atomic mass is 10.2. The van der Waals surface area contributed by atoms with E-state index in [1.54, 1.807) is 48.5 Å². The third-order valence-corrected chi connectivity index (χ3v) is 3.56. The summed E-state index contributed by atoms with van der Waals surface area (Å²) in [5.41, 5.74) is 1.93. The van der Waals surface area contributed by atoms with Gasteiger partial charge in [-0.05, 0) is 42.5 Å². The Morgan fingerprint density at radius 1 is 1.00 bits per heavy atom. The van der Waals surface area contributed by atoms with Gasteiger partial charge in [0.25, 0.3) is 5.91 Å². The first-order valence-electron chi connectivity index (χ1n) is 7.16. The van der Waals surface area contributed by atoms with Gasteiger partial charge in [-0.3, -0.25) is 9.78 Å². The van der Waals surface area contributed by atoms with Crippen molar-refractivity contribution in [2.24, 2.45) is 0 Å². The van der Waals surface area contributed by atoms with Gasteiger partial charge in [0.2, 0.25) is 0 Å². The van der Waals surface area contributed by atoms with Crippen molar-refractivity contribution in [1.82, 2.24) is 4.98 Å². The van der Waals surface area contributed by atoms with Crippen molar-refractivity contribution >= 4 is 34.6 Å². The van der Waals surface area contributed by atoms with E-state index in [4.69, 9.17) is 11.6 Å². The molecule has 2 N–H and O–H groups in total. The summed E-state index contributed by atoms with van der Waals surface area (Å²) in [7, 11) is 0. The molecule has 3 rings (SSSR count). The summed E-state index contributed by atoms with van der Waals surface area (Å²) in [5.74, 6) is -0.725. The maximum atomic E-state index is 13.2. The van der Waals surface area contributed by atoms with E-state index in [2.05, 4.69) is 15.6 Å². The molecule has 4 nitrogen and oxygen atoms in total. The monoisotopic (exact) mass is 341 g/mol. The van der Waals surface area contributed by atoms with Crippen LogP contribution in [-0.4, -0.2) is 10.9 Å². The van der Waals surface area contributed by atoms with Gasteiger partial charge in [0.15, 0.2) is 0 Å². The van der Waals surface area contributed by atoms with Crippen LogP contribution in [0.4, 0.5) is 21.5 Å². The smallest absolute Gasteiger partial charge is 0.274 e. The van der Waals surface area contributed by atoms with Crippen LogP contribution in [0.3, 0.4) is 0 Å². The second kappa shape index (κ2) is 7.10. The first kappa shape index (κ1) is 16.0. The second-order valence-corrected chi connectivity index (χ2v) is 5.41. The fourth-order valence-corrected chi connectivity index (χ4v) is 2.30. The highest BCUT2D eigenvalue weighted by molar-refractivity contribution is 6.33. The molecule has 0 aliphatic rings. The molecule has 120 valence electrons. The van der Waals surface area contributed by atoms with Gasteiger partial charge in [0, 0.05) is 17.6 Å².